The molecule has 0 amide bonds. The van der Waals surface area contributed by atoms with Crippen LogP contribution in [0.25, 0.3) is 0 Å². The molecule has 5 aromatic rings. The zero-order valence-corrected chi connectivity index (χ0v) is 36.8. The Morgan fingerprint density at radius 3 is 1.34 bits per heavy atom. The van der Waals surface area contributed by atoms with Gasteiger partial charge in [-0.2, -0.15) is 0 Å². The molecule has 4 unspecified atom stereocenters. The first-order chi connectivity index (χ1) is 27.5. The summed E-state index contributed by atoms with van der Waals surface area (Å²) >= 11 is 0. The molecule has 4 atom stereocenters. The Bertz CT molecular complexity index is 2390. The lowest BCUT2D eigenvalue weighted by molar-refractivity contribution is 0.194. The molecule has 11 rings (SSSR count). The van der Waals surface area contributed by atoms with Gasteiger partial charge in [0.25, 0.3) is 6.71 Å². The summed E-state index contributed by atoms with van der Waals surface area (Å²) in [6.45, 7) is 24.7. The standard InChI is InChI=1S/C54H62BN3/c1-49(2,3)35-19-15-21-37(31-35)56(38-22-16-20-36(32-38)50(4,5)6)39-33-44-46-45(34-39)58-48-41(52(8)28-12-14-30-54(52,58)10)24-18-26-43(48)55(46)42-25-17-23-40-47(42)57(44)53(9)29-13-11-27-51(40,53)7/h15-26,31-34H,11-14,27-30H2,1-10H3. The summed E-state index contributed by atoms with van der Waals surface area (Å²) in [7, 11) is 0. The van der Waals surface area contributed by atoms with Crippen LogP contribution in [0.4, 0.5) is 39.8 Å². The molecule has 296 valence electrons. The van der Waals surface area contributed by atoms with E-state index in [1.807, 2.05) is 0 Å². The smallest absolute Gasteiger partial charge is 0.252 e. The molecule has 4 heteroatoms. The minimum Gasteiger partial charge on any atom is -0.335 e. The SMILES string of the molecule is CC(C)(C)c1cccc(N(c2cccc(C(C)(C)C)c2)c2cc3c4c(c2)N2c5c(cccc5C5(C)CCCCC25C)B4c2cccc4c2N3C2(C)CCCCC42C)c1. The third-order valence-electron chi connectivity index (χ3n) is 17.0. The van der Waals surface area contributed by atoms with E-state index >= 15 is 0 Å². The fourth-order valence-electron chi connectivity index (χ4n) is 13.3. The predicted octanol–water partition coefficient (Wildman–Crippen LogP) is 12.4. The van der Waals surface area contributed by atoms with Crippen LogP contribution in [0.15, 0.2) is 97.1 Å². The zero-order chi connectivity index (χ0) is 40.4. The van der Waals surface area contributed by atoms with Crippen LogP contribution in [0, 0.1) is 0 Å². The quantitative estimate of drug-likeness (QED) is 0.169. The fourth-order valence-corrected chi connectivity index (χ4v) is 13.3. The first-order valence-electron chi connectivity index (χ1n) is 22.6. The number of fused-ring (bicyclic) bond motifs is 10. The van der Waals surface area contributed by atoms with Crippen LogP contribution in [-0.2, 0) is 21.7 Å². The van der Waals surface area contributed by atoms with Crippen LogP contribution >= 0.6 is 0 Å². The largest absolute Gasteiger partial charge is 0.335 e. The molecular weight excluding hydrogens is 701 g/mol. The molecule has 2 fully saturated rings. The Morgan fingerprint density at radius 1 is 0.500 bits per heavy atom. The number of hydrogen-bond donors (Lipinski definition) is 0. The van der Waals surface area contributed by atoms with E-state index in [-0.39, 0.29) is 39.5 Å². The van der Waals surface area contributed by atoms with Crippen molar-refractivity contribution < 1.29 is 0 Å². The van der Waals surface area contributed by atoms with Gasteiger partial charge in [0.2, 0.25) is 0 Å². The zero-order valence-electron chi connectivity index (χ0n) is 36.8. The van der Waals surface area contributed by atoms with Gasteiger partial charge in [-0.15, -0.1) is 0 Å². The fraction of sp³-hybridized carbons (Fsp3) is 0.444. The van der Waals surface area contributed by atoms with Gasteiger partial charge < -0.3 is 14.7 Å². The van der Waals surface area contributed by atoms with Crippen molar-refractivity contribution in [2.45, 2.75) is 153 Å². The van der Waals surface area contributed by atoms with Gasteiger partial charge in [0.1, 0.15) is 0 Å². The molecule has 5 aromatic carbocycles. The highest BCUT2D eigenvalue weighted by molar-refractivity contribution is 7.00. The van der Waals surface area contributed by atoms with Crippen molar-refractivity contribution in [2.24, 2.45) is 0 Å². The second kappa shape index (κ2) is 11.6. The van der Waals surface area contributed by atoms with Crippen molar-refractivity contribution >= 4 is 62.9 Å². The molecule has 58 heavy (non-hydrogen) atoms. The molecule has 3 nitrogen and oxygen atoms in total. The number of anilines is 7. The van der Waals surface area contributed by atoms with Gasteiger partial charge in [-0.05, 0) is 125 Å². The average Bonchev–Trinajstić information content (AvgIpc) is 3.54. The lowest BCUT2D eigenvalue weighted by Gasteiger charge is -2.55. The molecule has 0 radical (unpaired) electrons. The summed E-state index contributed by atoms with van der Waals surface area (Å²) in [5, 5.41) is 0. The van der Waals surface area contributed by atoms with Crippen molar-refractivity contribution in [3.63, 3.8) is 0 Å². The van der Waals surface area contributed by atoms with Gasteiger partial charge in [-0.1, -0.05) is 142 Å². The highest BCUT2D eigenvalue weighted by atomic mass is 15.3. The topological polar surface area (TPSA) is 9.72 Å². The second-order valence-corrected chi connectivity index (χ2v) is 22.1. The molecule has 6 aliphatic rings. The molecule has 4 aliphatic heterocycles. The minimum absolute atomic E-state index is 0.0232. The van der Waals surface area contributed by atoms with E-state index in [0.717, 1.165) is 0 Å². The van der Waals surface area contributed by atoms with Gasteiger partial charge in [0, 0.05) is 45.0 Å². The maximum absolute atomic E-state index is 2.91. The molecule has 2 saturated carbocycles. The Hall–Kier alpha value is -4.44. The third kappa shape index (κ3) is 4.48. The Morgan fingerprint density at radius 2 is 0.914 bits per heavy atom. The first kappa shape index (κ1) is 36.6. The Balaban J connectivity index is 1.27. The van der Waals surface area contributed by atoms with Gasteiger partial charge in [0.15, 0.2) is 0 Å². The van der Waals surface area contributed by atoms with Crippen LogP contribution in [0.2, 0.25) is 0 Å². The Kier molecular flexibility index (Phi) is 7.35. The first-order valence-corrected chi connectivity index (χ1v) is 22.6. The van der Waals surface area contributed by atoms with E-state index in [4.69, 9.17) is 0 Å². The summed E-state index contributed by atoms with van der Waals surface area (Å²) in [6.07, 6.45) is 10.0. The normalized spacial score (nSPS) is 27.4. The maximum Gasteiger partial charge on any atom is 0.252 e. The molecule has 0 N–H and O–H groups in total. The molecule has 0 saturated heterocycles. The number of rotatable bonds is 3. The lowest BCUT2D eigenvalue weighted by atomic mass is 9.33. The summed E-state index contributed by atoms with van der Waals surface area (Å²) in [6, 6.07) is 38.9. The van der Waals surface area contributed by atoms with E-state index in [9.17, 15) is 0 Å². The summed E-state index contributed by atoms with van der Waals surface area (Å²) in [5.41, 5.74) is 20.1. The van der Waals surface area contributed by atoms with Crippen molar-refractivity contribution in [3.8, 4) is 0 Å². The van der Waals surface area contributed by atoms with Crippen molar-refractivity contribution in [1.29, 1.82) is 0 Å². The second-order valence-electron chi connectivity index (χ2n) is 22.1. The average molecular weight is 764 g/mol. The van der Waals surface area contributed by atoms with E-state index < -0.39 is 0 Å². The molecular formula is C54H62BN3. The van der Waals surface area contributed by atoms with Crippen LogP contribution in [0.5, 0.6) is 0 Å². The van der Waals surface area contributed by atoms with E-state index in [1.54, 1.807) is 11.1 Å². The monoisotopic (exact) mass is 764 g/mol. The van der Waals surface area contributed by atoms with Crippen LogP contribution in [0.3, 0.4) is 0 Å². The summed E-state index contributed by atoms with van der Waals surface area (Å²) < 4.78 is 0. The molecule has 0 spiro atoms. The van der Waals surface area contributed by atoms with E-state index in [0.29, 0.717) is 0 Å². The highest BCUT2D eigenvalue weighted by Gasteiger charge is 2.64. The molecule has 2 aliphatic carbocycles. The van der Waals surface area contributed by atoms with Crippen molar-refractivity contribution in [1.82, 2.24) is 0 Å². The number of nitrogens with zero attached hydrogens (tertiary/aromatic N) is 3. The maximum atomic E-state index is 2.91. The van der Waals surface area contributed by atoms with Gasteiger partial charge in [0.05, 0.1) is 16.8 Å². The number of benzene rings is 5. The van der Waals surface area contributed by atoms with Crippen LogP contribution < -0.4 is 31.1 Å². The van der Waals surface area contributed by atoms with Crippen molar-refractivity contribution in [2.75, 3.05) is 14.7 Å². The van der Waals surface area contributed by atoms with Crippen molar-refractivity contribution in [3.05, 3.63) is 119 Å². The molecule has 4 heterocycles. The predicted molar refractivity (Wildman–Crippen MR) is 249 cm³/mol. The lowest BCUT2D eigenvalue weighted by Crippen LogP contribution is -2.66. The molecule has 0 bridgehead atoms. The third-order valence-corrected chi connectivity index (χ3v) is 17.0. The Labute approximate surface area is 348 Å². The minimum atomic E-state index is -0.0272. The summed E-state index contributed by atoms with van der Waals surface area (Å²) in [4.78, 5) is 8.44. The van der Waals surface area contributed by atoms with Crippen LogP contribution in [0.1, 0.15) is 143 Å². The van der Waals surface area contributed by atoms with Crippen LogP contribution in [-0.4, -0.2) is 17.8 Å². The molecule has 0 aromatic heterocycles. The van der Waals surface area contributed by atoms with Gasteiger partial charge in [-0.3, -0.25) is 0 Å². The summed E-state index contributed by atoms with van der Waals surface area (Å²) in [5.74, 6) is 0. The number of hydrogen-bond acceptors (Lipinski definition) is 3. The highest BCUT2D eigenvalue weighted by Crippen LogP contribution is 2.65. The van der Waals surface area contributed by atoms with Gasteiger partial charge >= 0.3 is 0 Å². The van der Waals surface area contributed by atoms with Gasteiger partial charge in [-0.25, -0.2) is 0 Å². The number of para-hydroxylation sites is 2. The van der Waals surface area contributed by atoms with E-state index in [2.05, 4.69) is 181 Å². The van der Waals surface area contributed by atoms with E-state index in [1.165, 1.54) is 119 Å².